The molecule has 10 heteroatoms. The van der Waals surface area contributed by atoms with Crippen LogP contribution in [-0.2, 0) is 21.3 Å². The molecule has 1 N–H and O–H groups in total. The fourth-order valence-electron chi connectivity index (χ4n) is 10.7. The molecule has 7 aliphatic rings. The van der Waals surface area contributed by atoms with Crippen molar-refractivity contribution in [1.29, 1.82) is 0 Å². The Balaban J connectivity index is 0.000000493. The number of morpholine rings is 1. The molecule has 1 amide bonds. The van der Waals surface area contributed by atoms with E-state index in [4.69, 9.17) is 25.8 Å². The second-order valence-electron chi connectivity index (χ2n) is 17.8. The maximum atomic E-state index is 13.4. The van der Waals surface area contributed by atoms with Gasteiger partial charge in [-0.2, -0.15) is 0 Å². The van der Waals surface area contributed by atoms with Gasteiger partial charge in [-0.25, -0.2) is 0 Å². The second kappa shape index (κ2) is 18.3. The molecule has 4 fully saturated rings. The number of piperazine rings is 1. The number of ether oxygens (including phenoxy) is 3. The summed E-state index contributed by atoms with van der Waals surface area (Å²) in [6.07, 6.45) is 19.1. The Hall–Kier alpha value is -2.27. The maximum Gasteiger partial charge on any atom is 0.252 e. The zero-order valence-corrected chi connectivity index (χ0v) is 35.5. The number of anilines is 1. The summed E-state index contributed by atoms with van der Waals surface area (Å²) >= 11 is 8.22. The van der Waals surface area contributed by atoms with Crippen molar-refractivity contribution in [3.05, 3.63) is 70.3 Å². The van der Waals surface area contributed by atoms with Crippen LogP contribution in [0.5, 0.6) is 5.75 Å². The van der Waals surface area contributed by atoms with E-state index in [1.54, 1.807) is 11.8 Å². The number of halogens is 1. The smallest absolute Gasteiger partial charge is 0.252 e. The van der Waals surface area contributed by atoms with E-state index in [-0.39, 0.29) is 16.9 Å². The summed E-state index contributed by atoms with van der Waals surface area (Å²) in [5.74, 6) is 4.17. The fraction of sp³-hybridized carbons (Fsp3) is 0.674. The molecule has 2 saturated heterocycles. The molecule has 9 rings (SSSR count). The van der Waals surface area contributed by atoms with Crippen molar-refractivity contribution in [3.8, 4) is 5.75 Å². The van der Waals surface area contributed by atoms with Gasteiger partial charge in [0.1, 0.15) is 11.4 Å². The Morgan fingerprint density at radius 1 is 1.05 bits per heavy atom. The van der Waals surface area contributed by atoms with Crippen molar-refractivity contribution in [1.82, 2.24) is 15.1 Å². The number of amides is 1. The highest BCUT2D eigenvalue weighted by Crippen LogP contribution is 2.49. The first-order valence-electron chi connectivity index (χ1n) is 21.8. The predicted molar refractivity (Wildman–Crippen MR) is 230 cm³/mol. The van der Waals surface area contributed by atoms with E-state index in [1.807, 2.05) is 25.3 Å². The topological polar surface area (TPSA) is 66.5 Å². The van der Waals surface area contributed by atoms with Crippen LogP contribution in [0.3, 0.4) is 0 Å². The second-order valence-corrected chi connectivity index (χ2v) is 19.2. The molecule has 3 unspecified atom stereocenters. The summed E-state index contributed by atoms with van der Waals surface area (Å²) in [7, 11) is 1.92. The zero-order chi connectivity index (χ0) is 38.5. The van der Waals surface area contributed by atoms with Crippen molar-refractivity contribution in [2.24, 2.45) is 17.8 Å². The van der Waals surface area contributed by atoms with E-state index in [9.17, 15) is 4.79 Å². The van der Waals surface area contributed by atoms with Crippen molar-refractivity contribution < 1.29 is 19.0 Å². The highest BCUT2D eigenvalue weighted by Gasteiger charge is 2.50. The molecule has 2 aromatic rings. The minimum Gasteiger partial charge on any atom is -0.490 e. The molecule has 306 valence electrons. The molecule has 2 saturated carbocycles. The van der Waals surface area contributed by atoms with E-state index in [1.165, 1.54) is 49.7 Å². The number of nitrogens with zero attached hydrogens (tertiary/aromatic N) is 3. The van der Waals surface area contributed by atoms with E-state index >= 15 is 0 Å². The summed E-state index contributed by atoms with van der Waals surface area (Å²) in [5, 5.41) is 3.94. The maximum absolute atomic E-state index is 13.4. The first kappa shape index (κ1) is 40.5. The van der Waals surface area contributed by atoms with Crippen LogP contribution in [0.1, 0.15) is 92.6 Å². The third-order valence-corrected chi connectivity index (χ3v) is 15.3. The van der Waals surface area contributed by atoms with Crippen molar-refractivity contribution >= 4 is 35.0 Å². The number of unbranched alkanes of at least 4 members (excludes halogenated alkanes) is 1. The number of nitrogens with one attached hydrogen (secondary N) is 1. The lowest BCUT2D eigenvalue weighted by Crippen LogP contribution is -2.62. The minimum absolute atomic E-state index is 0.0423. The number of fused-ring (bicyclic) bond motifs is 5. The first-order chi connectivity index (χ1) is 27.4. The lowest BCUT2D eigenvalue weighted by atomic mass is 9.63. The van der Waals surface area contributed by atoms with Crippen LogP contribution in [0.2, 0.25) is 5.02 Å². The molecule has 3 aliphatic carbocycles. The van der Waals surface area contributed by atoms with Gasteiger partial charge in [0.25, 0.3) is 5.91 Å². The van der Waals surface area contributed by atoms with Crippen molar-refractivity contribution in [2.75, 3.05) is 89.3 Å². The average Bonchev–Trinajstić information content (AvgIpc) is 3.33. The van der Waals surface area contributed by atoms with E-state index < -0.39 is 0 Å². The third kappa shape index (κ3) is 8.84. The van der Waals surface area contributed by atoms with Crippen LogP contribution >= 0.6 is 23.4 Å². The molecule has 0 aromatic heterocycles. The van der Waals surface area contributed by atoms with Crippen LogP contribution in [0.4, 0.5) is 5.69 Å². The highest BCUT2D eigenvalue weighted by molar-refractivity contribution is 7.99. The molecule has 1 spiro atoms. The molecular weight excluding hydrogens is 740 g/mol. The van der Waals surface area contributed by atoms with Gasteiger partial charge >= 0.3 is 0 Å². The van der Waals surface area contributed by atoms with Gasteiger partial charge in [-0.05, 0) is 91.3 Å². The Kier molecular flexibility index (Phi) is 13.3. The number of thioether (sulfide) groups is 1. The lowest BCUT2D eigenvalue weighted by Gasteiger charge is -2.53. The number of hydrogen-bond acceptors (Lipinski definition) is 8. The first-order valence-corrected chi connectivity index (χ1v) is 23.4. The van der Waals surface area contributed by atoms with Gasteiger partial charge in [-0.3, -0.25) is 14.6 Å². The molecule has 56 heavy (non-hydrogen) atoms. The van der Waals surface area contributed by atoms with E-state index in [2.05, 4.69) is 57.3 Å². The van der Waals surface area contributed by atoms with Gasteiger partial charge in [0.2, 0.25) is 0 Å². The summed E-state index contributed by atoms with van der Waals surface area (Å²) in [5.41, 5.74) is 3.87. The molecule has 4 aliphatic heterocycles. The van der Waals surface area contributed by atoms with E-state index in [0.29, 0.717) is 35.9 Å². The lowest BCUT2D eigenvalue weighted by molar-refractivity contribution is -0.108. The van der Waals surface area contributed by atoms with Gasteiger partial charge in [0.05, 0.1) is 31.4 Å². The van der Waals surface area contributed by atoms with Crippen LogP contribution in [0.15, 0.2) is 48.6 Å². The summed E-state index contributed by atoms with van der Waals surface area (Å²) < 4.78 is 19.3. The number of aryl methyl sites for hydroxylation is 1. The molecule has 0 radical (unpaired) electrons. The SMILES string of the molecule is CCCCC1CCC1.CO[C@]1(CN2CCN3CCOCC3C2)/C=C/CSCNC(=O)c2ccc3c(c2)N(CC2CCC21)C[C@@]1(CCCc2cc(Cl)ccc21)CO3. The summed E-state index contributed by atoms with van der Waals surface area (Å²) in [6.45, 7) is 11.4. The van der Waals surface area contributed by atoms with Gasteiger partial charge in [0, 0.05) is 80.7 Å². The molecule has 4 heterocycles. The van der Waals surface area contributed by atoms with Gasteiger partial charge in [-0.1, -0.05) is 75.3 Å². The Bertz CT molecular complexity index is 1690. The Morgan fingerprint density at radius 2 is 1.96 bits per heavy atom. The molecule has 2 aromatic carbocycles. The van der Waals surface area contributed by atoms with Gasteiger partial charge < -0.3 is 24.4 Å². The Morgan fingerprint density at radius 3 is 2.77 bits per heavy atom. The molecule has 8 nitrogen and oxygen atoms in total. The van der Waals surface area contributed by atoms with E-state index in [0.717, 1.165) is 119 Å². The van der Waals surface area contributed by atoms with Crippen LogP contribution in [-0.4, -0.2) is 112 Å². The minimum atomic E-state index is -0.385. The normalized spacial score (nSPS) is 31.6. The number of hydrogen-bond donors (Lipinski definition) is 1. The number of benzene rings is 2. The monoisotopic (exact) mass is 804 g/mol. The summed E-state index contributed by atoms with van der Waals surface area (Å²) in [6, 6.07) is 12.9. The number of carbonyl (C=O) groups excluding carboxylic acids is 1. The number of carbonyl (C=O) groups is 1. The standard InChI is InChI=1S/C38H49ClN4O4S.C8H16/c1-45-38(24-41-13-14-42-15-16-46-22-31(42)21-41)12-3-17-48-26-40-36(44)28-6-10-35-34(19-28)43(20-29-5-8-33(29)38)23-37(25-47-35)11-2-4-27-18-30(39)7-9-32(27)37;1-2-3-5-8-6-4-7-8/h3,6-7,9-10,12,18-19,29,31,33H,2,4-5,8,11,13-17,20-26H2,1H3,(H,40,44);8H,2-7H2,1H3/b12-3+;/t29?,31?,33?,37-,38-;/m0./s1. The number of methoxy groups -OCH3 is 1. The largest absolute Gasteiger partial charge is 0.490 e. The zero-order valence-electron chi connectivity index (χ0n) is 34.0. The van der Waals surface area contributed by atoms with Crippen LogP contribution in [0, 0.1) is 17.8 Å². The van der Waals surface area contributed by atoms with Crippen molar-refractivity contribution in [3.63, 3.8) is 0 Å². The predicted octanol–water partition coefficient (Wildman–Crippen LogP) is 8.21. The number of rotatable bonds is 6. The summed E-state index contributed by atoms with van der Waals surface area (Å²) in [4.78, 5) is 21.2. The molecule has 2 bridgehead atoms. The van der Waals surface area contributed by atoms with Crippen molar-refractivity contribution in [2.45, 2.75) is 94.6 Å². The third-order valence-electron chi connectivity index (χ3n) is 14.3. The molecular formula is C46H65ClN4O4S. The van der Waals surface area contributed by atoms with Crippen LogP contribution in [0.25, 0.3) is 0 Å². The van der Waals surface area contributed by atoms with Crippen LogP contribution < -0.4 is 15.0 Å². The van der Waals surface area contributed by atoms with Gasteiger partial charge in [-0.15, -0.1) is 11.8 Å². The average molecular weight is 806 g/mol. The molecule has 5 atom stereocenters. The quantitative estimate of drug-likeness (QED) is 0.294. The van der Waals surface area contributed by atoms with Gasteiger partial charge in [0.15, 0.2) is 0 Å². The highest BCUT2D eigenvalue weighted by atomic mass is 35.5. The Labute approximate surface area is 345 Å². The fourth-order valence-corrected chi connectivity index (χ4v) is 11.5.